The number of sulfone groups is 1. The number of aliphatic hydroxyl groups is 8. The monoisotopic (exact) mass is 604 g/mol. The second-order valence-corrected chi connectivity index (χ2v) is 11.3. The van der Waals surface area contributed by atoms with Crippen LogP contribution in [0.25, 0.3) is 0 Å². The molecule has 0 amide bonds. The van der Waals surface area contributed by atoms with Crippen molar-refractivity contribution in [3.8, 4) is 0 Å². The normalized spacial score (nSPS) is 34.2. The lowest BCUT2D eigenvalue weighted by Crippen LogP contribution is -2.59. The van der Waals surface area contributed by atoms with Crippen LogP contribution in [0.4, 0.5) is 11.4 Å². The summed E-state index contributed by atoms with van der Waals surface area (Å²) in [5, 5.41) is 77.9. The maximum absolute atomic E-state index is 13.1. The van der Waals surface area contributed by atoms with Gasteiger partial charge in [-0.05, 0) is 48.5 Å². The molecule has 0 bridgehead atoms. The molecule has 0 saturated carbocycles. The Morgan fingerprint density at radius 3 is 1.24 bits per heavy atom. The van der Waals surface area contributed by atoms with E-state index < -0.39 is 84.5 Å². The second-order valence-electron chi connectivity index (χ2n) is 9.39. The van der Waals surface area contributed by atoms with Crippen molar-refractivity contribution < 1.29 is 68.4 Å². The van der Waals surface area contributed by atoms with Crippen molar-refractivity contribution >= 4 is 21.2 Å². The van der Waals surface area contributed by atoms with Gasteiger partial charge in [0.15, 0.2) is 0 Å². The molecule has 0 spiro atoms. The highest BCUT2D eigenvalue weighted by molar-refractivity contribution is 7.91. The van der Waals surface area contributed by atoms with E-state index in [1.807, 2.05) is 0 Å². The van der Waals surface area contributed by atoms with E-state index in [0.717, 1.165) is 0 Å². The molecule has 0 radical (unpaired) electrons. The lowest BCUT2D eigenvalue weighted by molar-refractivity contribution is -0.294. The van der Waals surface area contributed by atoms with Crippen LogP contribution in [0.1, 0.15) is 0 Å². The molecule has 228 valence electrons. The number of hydrogen-bond acceptors (Lipinski definition) is 16. The molecule has 41 heavy (non-hydrogen) atoms. The Balaban J connectivity index is 1.34. The topological polar surface area (TPSA) is 257 Å². The first-order chi connectivity index (χ1) is 19.5. The van der Waals surface area contributed by atoms with Gasteiger partial charge in [-0.3, -0.25) is 11.0 Å². The summed E-state index contributed by atoms with van der Waals surface area (Å²) in [7, 11) is -3.95. The summed E-state index contributed by atoms with van der Waals surface area (Å²) in [6.07, 6.45) is -14.8. The van der Waals surface area contributed by atoms with Gasteiger partial charge in [-0.15, -0.1) is 0 Å². The van der Waals surface area contributed by atoms with Crippen molar-refractivity contribution in [3.63, 3.8) is 0 Å². The van der Waals surface area contributed by atoms with Crippen molar-refractivity contribution in [3.05, 3.63) is 48.5 Å². The highest BCUT2D eigenvalue weighted by atomic mass is 32.2. The summed E-state index contributed by atoms with van der Waals surface area (Å²) in [6, 6.07) is 10.7. The average molecular weight is 605 g/mol. The molecule has 4 rings (SSSR count). The Morgan fingerprint density at radius 2 is 0.927 bits per heavy atom. The highest BCUT2D eigenvalue weighted by Crippen LogP contribution is 2.27. The van der Waals surface area contributed by atoms with E-state index >= 15 is 0 Å². The first-order valence-corrected chi connectivity index (χ1v) is 13.9. The maximum Gasteiger partial charge on any atom is 0.212 e. The van der Waals surface area contributed by atoms with Gasteiger partial charge in [0, 0.05) is 0 Å². The summed E-state index contributed by atoms with van der Waals surface area (Å²) < 4.78 is 36.6. The van der Waals surface area contributed by atoms with Gasteiger partial charge in [-0.1, -0.05) is 0 Å². The van der Waals surface area contributed by atoms with Crippen LogP contribution in [0.2, 0.25) is 0 Å². The molecule has 2 saturated heterocycles. The zero-order valence-corrected chi connectivity index (χ0v) is 22.1. The SMILES string of the molecule is O=S(=O)(c1ccc(NOC2O[C@H](CO)[C@H](O)[C@H](O)[C@H]2O)cc1)c1ccc(NOC2O[C@H](CO)[C@H](O)[C@H](O)[C@H]2O)cc1. The number of ether oxygens (including phenoxy) is 2. The number of benzene rings is 2. The average Bonchev–Trinajstić information content (AvgIpc) is 2.98. The lowest BCUT2D eigenvalue weighted by Gasteiger charge is -2.39. The smallest absolute Gasteiger partial charge is 0.212 e. The molecule has 2 aliphatic heterocycles. The predicted octanol–water partition coefficient (Wildman–Crippen LogP) is -3.19. The second kappa shape index (κ2) is 13.2. The fourth-order valence-corrected chi connectivity index (χ4v) is 5.38. The molecule has 2 heterocycles. The summed E-state index contributed by atoms with van der Waals surface area (Å²) in [5.41, 5.74) is 5.46. The standard InChI is InChI=1S/C24H32N2O14S/c27-9-15-17(29)19(31)21(33)23(37-15)39-25-11-1-5-13(6-2-11)41(35,36)14-7-3-12(4-8-14)26-40-24-22(34)20(32)18(30)16(10-28)38-24/h1-8,15-34H,9-10H2/t15-,16-,17+,18+,19+,20+,21-,22-,23?,24?/m1/s1. The number of nitrogens with one attached hydrogen (secondary N) is 2. The molecule has 17 heteroatoms. The minimum absolute atomic E-state index is 0.0610. The molecular weight excluding hydrogens is 572 g/mol. The Bertz CT molecular complexity index is 1140. The molecule has 2 aliphatic rings. The van der Waals surface area contributed by atoms with E-state index in [0.29, 0.717) is 0 Å². The minimum Gasteiger partial charge on any atom is -0.394 e. The van der Waals surface area contributed by atoms with Gasteiger partial charge in [0.2, 0.25) is 22.4 Å². The number of hydrogen-bond donors (Lipinski definition) is 10. The third-order valence-corrected chi connectivity index (χ3v) is 8.40. The van der Waals surface area contributed by atoms with Crippen molar-refractivity contribution in [2.45, 2.75) is 71.2 Å². The minimum atomic E-state index is -3.95. The number of aliphatic hydroxyl groups excluding tert-OH is 8. The molecule has 0 aromatic heterocycles. The Kier molecular flexibility index (Phi) is 10.1. The first kappa shape index (κ1) is 31.4. The van der Waals surface area contributed by atoms with E-state index in [1.54, 1.807) is 0 Å². The lowest BCUT2D eigenvalue weighted by atomic mass is 9.99. The Morgan fingerprint density at radius 1 is 0.585 bits per heavy atom. The fourth-order valence-electron chi connectivity index (χ4n) is 4.12. The van der Waals surface area contributed by atoms with Crippen LogP contribution in [0.3, 0.4) is 0 Å². The largest absolute Gasteiger partial charge is 0.394 e. The molecular formula is C24H32N2O14S. The van der Waals surface area contributed by atoms with Crippen LogP contribution < -0.4 is 11.0 Å². The van der Waals surface area contributed by atoms with Gasteiger partial charge in [-0.2, -0.15) is 0 Å². The summed E-state index contributed by atoms with van der Waals surface area (Å²) in [5.74, 6) is 0. The molecule has 10 N–H and O–H groups in total. The maximum atomic E-state index is 13.1. The van der Waals surface area contributed by atoms with Crippen molar-refractivity contribution in [1.82, 2.24) is 0 Å². The third-order valence-electron chi connectivity index (χ3n) is 6.61. The van der Waals surface area contributed by atoms with Crippen LogP contribution >= 0.6 is 0 Å². The molecule has 0 aliphatic carbocycles. The highest BCUT2D eigenvalue weighted by Gasteiger charge is 2.45. The first-order valence-electron chi connectivity index (χ1n) is 12.4. The number of rotatable bonds is 10. The van der Waals surface area contributed by atoms with E-state index in [4.69, 9.17) is 19.1 Å². The van der Waals surface area contributed by atoms with Crippen molar-refractivity contribution in [2.24, 2.45) is 0 Å². The van der Waals surface area contributed by atoms with Gasteiger partial charge < -0.3 is 50.3 Å². The van der Waals surface area contributed by atoms with Crippen molar-refractivity contribution in [1.29, 1.82) is 0 Å². The summed E-state index contributed by atoms with van der Waals surface area (Å²) in [4.78, 5) is 10.3. The fraction of sp³-hybridized carbons (Fsp3) is 0.500. The zero-order valence-electron chi connectivity index (χ0n) is 21.2. The third kappa shape index (κ3) is 6.78. The van der Waals surface area contributed by atoms with Gasteiger partial charge in [-0.25, -0.2) is 18.1 Å². The van der Waals surface area contributed by atoms with Gasteiger partial charge in [0.05, 0.1) is 34.4 Å². The predicted molar refractivity (Wildman–Crippen MR) is 135 cm³/mol. The van der Waals surface area contributed by atoms with Gasteiger partial charge in [0.1, 0.15) is 48.8 Å². The van der Waals surface area contributed by atoms with E-state index in [2.05, 4.69) is 11.0 Å². The van der Waals surface area contributed by atoms with E-state index in [1.165, 1.54) is 48.5 Å². The Labute approximate surface area is 233 Å². The van der Waals surface area contributed by atoms with Crippen LogP contribution in [-0.4, -0.2) is 124 Å². The van der Waals surface area contributed by atoms with Crippen LogP contribution in [0.5, 0.6) is 0 Å². The molecule has 10 atom stereocenters. The zero-order chi connectivity index (χ0) is 29.9. The summed E-state index contributed by atoms with van der Waals surface area (Å²) >= 11 is 0. The quantitative estimate of drug-likeness (QED) is 0.120. The number of anilines is 2. The molecule has 2 unspecified atom stereocenters. The van der Waals surface area contributed by atoms with Crippen molar-refractivity contribution in [2.75, 3.05) is 24.2 Å². The van der Waals surface area contributed by atoms with Gasteiger partial charge in [0.25, 0.3) is 0 Å². The Hall–Kier alpha value is -2.49. The summed E-state index contributed by atoms with van der Waals surface area (Å²) in [6.45, 7) is -1.25. The van der Waals surface area contributed by atoms with E-state index in [-0.39, 0.29) is 21.2 Å². The van der Waals surface area contributed by atoms with E-state index in [9.17, 15) is 49.3 Å². The molecule has 2 fully saturated rings. The van der Waals surface area contributed by atoms with Crippen LogP contribution in [-0.2, 0) is 29.0 Å². The molecule has 16 nitrogen and oxygen atoms in total. The van der Waals surface area contributed by atoms with Gasteiger partial charge >= 0.3 is 0 Å². The molecule has 2 aromatic carbocycles. The van der Waals surface area contributed by atoms with Crippen LogP contribution in [0, 0.1) is 0 Å². The molecule has 2 aromatic rings. The van der Waals surface area contributed by atoms with Crippen LogP contribution in [0.15, 0.2) is 58.3 Å².